The predicted molar refractivity (Wildman–Crippen MR) is 170 cm³/mol. The first kappa shape index (κ1) is 33.2. The van der Waals surface area contributed by atoms with E-state index in [0.717, 1.165) is 18.4 Å². The molecule has 1 aliphatic carbocycles. The average molecular weight is 636 g/mol. The van der Waals surface area contributed by atoms with Gasteiger partial charge in [-0.3, -0.25) is 14.4 Å². The number of rotatable bonds is 3. The van der Waals surface area contributed by atoms with Crippen LogP contribution < -0.4 is 10.6 Å². The van der Waals surface area contributed by atoms with Gasteiger partial charge in [0.25, 0.3) is 0 Å². The second-order valence-corrected chi connectivity index (χ2v) is 14.5. The molecule has 0 spiro atoms. The van der Waals surface area contributed by atoms with Gasteiger partial charge in [-0.2, -0.15) is 0 Å². The van der Waals surface area contributed by atoms with Gasteiger partial charge in [0, 0.05) is 30.8 Å². The number of aromatic nitrogens is 2. The van der Waals surface area contributed by atoms with Crippen LogP contribution in [0.4, 0.5) is 4.79 Å². The van der Waals surface area contributed by atoms with Gasteiger partial charge in [0.15, 0.2) is 11.5 Å². The van der Waals surface area contributed by atoms with E-state index in [1.165, 1.54) is 4.90 Å². The van der Waals surface area contributed by atoms with Crippen LogP contribution in [0.2, 0.25) is 0 Å². The fourth-order valence-electron chi connectivity index (χ4n) is 6.27. The molecule has 4 bridgehead atoms. The minimum Gasteiger partial charge on any atom is -0.456 e. The monoisotopic (exact) mass is 635 g/mol. The second-order valence-electron chi connectivity index (χ2n) is 14.5. The Kier molecular flexibility index (Phi) is 9.28. The second kappa shape index (κ2) is 12.9. The molecule has 2 aromatic rings. The van der Waals surface area contributed by atoms with Crippen molar-refractivity contribution in [1.29, 1.82) is 0 Å². The Morgan fingerprint density at radius 1 is 1.20 bits per heavy atom. The number of pyridine rings is 1. The molecule has 12 heteroatoms. The van der Waals surface area contributed by atoms with Crippen molar-refractivity contribution in [1.82, 2.24) is 24.9 Å². The lowest BCUT2D eigenvalue weighted by atomic mass is 9.76. The molecular formula is C34H45N5O7. The van der Waals surface area contributed by atoms with Crippen LogP contribution in [-0.2, 0) is 23.9 Å². The average Bonchev–Trinajstić information content (AvgIpc) is 3.62. The zero-order valence-electron chi connectivity index (χ0n) is 27.5. The minimum absolute atomic E-state index is 0.0257. The highest BCUT2D eigenvalue weighted by Crippen LogP contribution is 2.31. The molecule has 1 saturated carbocycles. The molecule has 0 radical (unpaired) electrons. The maximum atomic E-state index is 14.2. The van der Waals surface area contributed by atoms with Crippen molar-refractivity contribution in [3.63, 3.8) is 0 Å². The Balaban J connectivity index is 1.48. The first-order chi connectivity index (χ1) is 21.7. The molecule has 2 aromatic heterocycles. The normalized spacial score (nSPS) is 28.2. The lowest BCUT2D eigenvalue weighted by molar-refractivity contribution is -0.144. The molecule has 2 N–H and O–H groups in total. The minimum atomic E-state index is -1.05. The van der Waals surface area contributed by atoms with Gasteiger partial charge in [-0.15, -0.1) is 0 Å². The summed E-state index contributed by atoms with van der Waals surface area (Å²) in [5.74, 6) is -1.70. The summed E-state index contributed by atoms with van der Waals surface area (Å²) in [6, 6.07) is 1.08. The number of ketones is 1. The smallest absolute Gasteiger partial charge is 0.407 e. The lowest BCUT2D eigenvalue weighted by Gasteiger charge is -2.38. The Morgan fingerprint density at radius 2 is 1.96 bits per heavy atom. The molecule has 2 fully saturated rings. The number of allylic oxidation sites excluding steroid dienone is 1. The lowest BCUT2D eigenvalue weighted by Crippen LogP contribution is -2.61. The summed E-state index contributed by atoms with van der Waals surface area (Å²) in [5.41, 5.74) is 0.409. The van der Waals surface area contributed by atoms with Crippen LogP contribution in [0.3, 0.4) is 0 Å². The van der Waals surface area contributed by atoms with Crippen LogP contribution >= 0.6 is 0 Å². The molecule has 3 amide bonds. The van der Waals surface area contributed by atoms with E-state index in [2.05, 4.69) is 15.6 Å². The number of cyclic esters (lactones) is 1. The van der Waals surface area contributed by atoms with Crippen molar-refractivity contribution >= 4 is 41.4 Å². The molecule has 0 aromatic carbocycles. The van der Waals surface area contributed by atoms with Crippen molar-refractivity contribution in [2.24, 2.45) is 16.7 Å². The Bertz CT molecular complexity index is 1550. The Morgan fingerprint density at radius 3 is 2.65 bits per heavy atom. The SMILES string of the molecule is CC[C@@H]1CC(=O)C1NC(=O)[C@@H]1C[C@@H]2CN1C(=O)[C@H](C(C)(C)C)NC(=O)OCC(C)(C)CC/C=C/c1cccn3cc(nc13)C(=O)O2. The van der Waals surface area contributed by atoms with Crippen molar-refractivity contribution in [3.8, 4) is 0 Å². The van der Waals surface area contributed by atoms with E-state index in [4.69, 9.17) is 9.47 Å². The van der Waals surface area contributed by atoms with Gasteiger partial charge in [-0.05, 0) is 41.7 Å². The third-order valence-electron chi connectivity index (χ3n) is 9.20. The van der Waals surface area contributed by atoms with E-state index < -0.39 is 53.5 Å². The van der Waals surface area contributed by atoms with Crippen LogP contribution in [0.5, 0.6) is 0 Å². The molecule has 12 nitrogen and oxygen atoms in total. The third kappa shape index (κ3) is 7.10. The summed E-state index contributed by atoms with van der Waals surface area (Å²) >= 11 is 0. The van der Waals surface area contributed by atoms with Gasteiger partial charge in [-0.1, -0.05) is 60.1 Å². The summed E-state index contributed by atoms with van der Waals surface area (Å²) in [6.45, 7) is 11.5. The first-order valence-electron chi connectivity index (χ1n) is 16.1. The number of alkyl carbamates (subject to hydrolysis) is 1. The number of Topliss-reactive ketones (excluding diaryl/α,β-unsaturated/α-hetero) is 1. The number of imidazole rings is 1. The standard InChI is InChI=1S/C34H45N5O7/c1-7-20-15-25(40)26(20)36-29(41)24-16-22-17-39(24)30(42)27(33(2,3)4)37-32(44)45-19-34(5,6)13-9-8-11-21-12-10-14-38-18-23(31(43)46-22)35-28(21)38/h8,10-12,14,18,20,22,24,26-27H,7,9,13,15-17,19H2,1-6H3,(H,36,41)(H,37,44)/b11-8+/t20-,22-,24+,26?,27-/m1/s1. The van der Waals surface area contributed by atoms with Crippen LogP contribution in [0.1, 0.15) is 89.7 Å². The molecule has 1 unspecified atom stereocenters. The molecule has 46 heavy (non-hydrogen) atoms. The van der Waals surface area contributed by atoms with Crippen molar-refractivity contribution in [2.75, 3.05) is 13.2 Å². The van der Waals surface area contributed by atoms with Crippen LogP contribution in [0, 0.1) is 16.7 Å². The summed E-state index contributed by atoms with van der Waals surface area (Å²) in [5, 5.41) is 5.59. The number of hydrogen-bond donors (Lipinski definition) is 2. The van der Waals surface area contributed by atoms with Gasteiger partial charge in [0.05, 0.1) is 19.2 Å². The zero-order chi connectivity index (χ0) is 33.4. The van der Waals surface area contributed by atoms with Crippen molar-refractivity contribution in [2.45, 2.75) is 97.9 Å². The molecule has 5 rings (SSSR count). The number of nitrogens with one attached hydrogen (secondary N) is 2. The number of amides is 3. The fraction of sp³-hybridized carbons (Fsp3) is 0.588. The summed E-state index contributed by atoms with van der Waals surface area (Å²) in [7, 11) is 0. The van der Waals surface area contributed by atoms with Gasteiger partial charge in [0.2, 0.25) is 11.8 Å². The topological polar surface area (TPSA) is 148 Å². The number of ether oxygens (including phenoxy) is 2. The number of hydrogen-bond acceptors (Lipinski definition) is 8. The molecular weight excluding hydrogens is 590 g/mol. The van der Waals surface area contributed by atoms with E-state index in [9.17, 15) is 24.0 Å². The van der Waals surface area contributed by atoms with Crippen molar-refractivity contribution < 1.29 is 33.4 Å². The van der Waals surface area contributed by atoms with Gasteiger partial charge >= 0.3 is 12.1 Å². The number of fused-ring (bicyclic) bond motifs is 3. The highest BCUT2D eigenvalue weighted by atomic mass is 16.6. The predicted octanol–water partition coefficient (Wildman–Crippen LogP) is 3.92. The van der Waals surface area contributed by atoms with Gasteiger partial charge < -0.3 is 29.4 Å². The Labute approximate surface area is 269 Å². The number of esters is 1. The first-order valence-corrected chi connectivity index (χ1v) is 16.1. The molecule has 3 aliphatic rings. The summed E-state index contributed by atoms with van der Waals surface area (Å²) in [4.78, 5) is 72.6. The van der Waals surface area contributed by atoms with Crippen molar-refractivity contribution in [3.05, 3.63) is 41.9 Å². The highest BCUT2D eigenvalue weighted by Gasteiger charge is 2.48. The number of carbonyl (C=O) groups excluding carboxylic acids is 5. The van der Waals surface area contributed by atoms with Gasteiger partial charge in [-0.25, -0.2) is 14.6 Å². The highest BCUT2D eigenvalue weighted by molar-refractivity contribution is 5.97. The van der Waals surface area contributed by atoms with Crippen LogP contribution in [0.15, 0.2) is 30.6 Å². The van der Waals surface area contributed by atoms with E-state index in [1.807, 2.05) is 65.8 Å². The van der Waals surface area contributed by atoms with Crippen LogP contribution in [-0.4, -0.2) is 81.3 Å². The molecule has 2 aliphatic heterocycles. The summed E-state index contributed by atoms with van der Waals surface area (Å²) in [6.07, 6.45) is 8.40. The largest absolute Gasteiger partial charge is 0.456 e. The number of carbonyl (C=O) groups is 5. The Hall–Kier alpha value is -4.22. The third-order valence-corrected chi connectivity index (χ3v) is 9.20. The van der Waals surface area contributed by atoms with Gasteiger partial charge in [0.1, 0.15) is 23.8 Å². The van der Waals surface area contributed by atoms with E-state index in [-0.39, 0.29) is 42.4 Å². The zero-order valence-corrected chi connectivity index (χ0v) is 27.5. The summed E-state index contributed by atoms with van der Waals surface area (Å²) < 4.78 is 13.2. The maximum absolute atomic E-state index is 14.2. The molecule has 1 saturated heterocycles. The van der Waals surface area contributed by atoms with E-state index >= 15 is 0 Å². The van der Waals surface area contributed by atoms with Crippen LogP contribution in [0.25, 0.3) is 11.7 Å². The molecule has 5 atom stereocenters. The quantitative estimate of drug-likeness (QED) is 0.483. The van der Waals surface area contributed by atoms with E-state index in [1.54, 1.807) is 16.8 Å². The maximum Gasteiger partial charge on any atom is 0.407 e. The number of nitrogens with zero attached hydrogens (tertiary/aromatic N) is 3. The fourth-order valence-corrected chi connectivity index (χ4v) is 6.27. The molecule has 4 heterocycles. The van der Waals surface area contributed by atoms with E-state index in [0.29, 0.717) is 18.5 Å². The molecule has 248 valence electrons.